The highest BCUT2D eigenvalue weighted by molar-refractivity contribution is 6.27. The number of methoxy groups -OCH3 is 2. The molecule has 31 heavy (non-hydrogen) atoms. The summed E-state index contributed by atoms with van der Waals surface area (Å²) < 4.78 is 10.9. The fourth-order valence-corrected chi connectivity index (χ4v) is 4.30. The fourth-order valence-electron chi connectivity index (χ4n) is 4.30. The van der Waals surface area contributed by atoms with Crippen LogP contribution < -0.4 is 14.4 Å². The zero-order valence-electron chi connectivity index (χ0n) is 18.0. The maximum absolute atomic E-state index is 13.8. The third-order valence-electron chi connectivity index (χ3n) is 5.88. The summed E-state index contributed by atoms with van der Waals surface area (Å²) in [5.41, 5.74) is 1.31. The van der Waals surface area contributed by atoms with Crippen molar-refractivity contribution >= 4 is 28.3 Å². The Morgan fingerprint density at radius 3 is 2.45 bits per heavy atom. The largest absolute Gasteiger partial charge is 0.497 e. The predicted molar refractivity (Wildman–Crippen MR) is 119 cm³/mol. The molecule has 0 bridgehead atoms. The Bertz CT molecular complexity index is 1100. The number of aliphatic hydroxyl groups is 1. The van der Waals surface area contributed by atoms with Gasteiger partial charge in [-0.25, -0.2) is 4.98 Å². The average Bonchev–Trinajstić information content (AvgIpc) is 3.30. The van der Waals surface area contributed by atoms with Gasteiger partial charge in [-0.3, -0.25) is 9.79 Å². The number of nitrogens with one attached hydrogen (secondary N) is 1. The van der Waals surface area contributed by atoms with E-state index in [2.05, 4.69) is 15.0 Å². The van der Waals surface area contributed by atoms with Gasteiger partial charge in [0.25, 0.3) is 0 Å². The summed E-state index contributed by atoms with van der Waals surface area (Å²) in [5.74, 6) is 1.50. The zero-order chi connectivity index (χ0) is 22.2. The zero-order valence-corrected chi connectivity index (χ0v) is 18.0. The Kier molecular flexibility index (Phi) is 5.41. The standard InChI is InChI=1S/C23H26N4O4/c1-23(9-10-28)20(29)19(21-25-17-7-5-6-8-18(17)26-21)22(24-2)27(23)14-11-15(30-3)13-16(12-14)31-4/h5-8,11-13,19,28H,9-10H2,1-4H3,(H,25,26). The number of hydrogen-bond acceptors (Lipinski definition) is 6. The lowest BCUT2D eigenvalue weighted by atomic mass is 9.88. The minimum absolute atomic E-state index is 0.0806. The first-order valence-electron chi connectivity index (χ1n) is 10.1. The monoisotopic (exact) mass is 422 g/mol. The first-order chi connectivity index (χ1) is 15.0. The summed E-state index contributed by atoms with van der Waals surface area (Å²) in [6.07, 6.45) is 0.237. The molecule has 1 aromatic heterocycles. The Morgan fingerprint density at radius 2 is 1.87 bits per heavy atom. The number of aliphatic hydroxyl groups excluding tert-OH is 1. The average molecular weight is 422 g/mol. The number of aromatic amines is 1. The minimum Gasteiger partial charge on any atom is -0.497 e. The van der Waals surface area contributed by atoms with Gasteiger partial charge >= 0.3 is 0 Å². The molecule has 1 aliphatic rings. The van der Waals surface area contributed by atoms with Crippen molar-refractivity contribution in [3.63, 3.8) is 0 Å². The van der Waals surface area contributed by atoms with Crippen molar-refractivity contribution in [1.82, 2.24) is 9.97 Å². The van der Waals surface area contributed by atoms with Gasteiger partial charge in [0.1, 0.15) is 34.6 Å². The number of Topliss-reactive ketones (excluding diaryl/α,β-unsaturated/α-hetero) is 1. The van der Waals surface area contributed by atoms with Crippen molar-refractivity contribution in [3.8, 4) is 11.5 Å². The number of benzene rings is 2. The van der Waals surface area contributed by atoms with Crippen molar-refractivity contribution in [2.75, 3.05) is 32.8 Å². The SMILES string of the molecule is CN=C1C(c2nc3ccccc3[nH]2)C(=O)C(C)(CCO)N1c1cc(OC)cc(OC)c1. The maximum atomic E-state index is 13.8. The first-order valence-corrected chi connectivity index (χ1v) is 10.1. The Labute approximate surface area is 180 Å². The predicted octanol–water partition coefficient (Wildman–Crippen LogP) is 2.92. The highest BCUT2D eigenvalue weighted by Gasteiger charge is 2.55. The molecule has 3 aromatic rings. The number of rotatable bonds is 6. The highest BCUT2D eigenvalue weighted by Crippen LogP contribution is 2.44. The Balaban J connectivity index is 1.90. The third kappa shape index (κ3) is 3.33. The molecule has 2 aromatic carbocycles. The summed E-state index contributed by atoms with van der Waals surface area (Å²) in [5, 5.41) is 9.81. The number of anilines is 1. The van der Waals surface area contributed by atoms with Crippen LogP contribution in [0.1, 0.15) is 25.1 Å². The van der Waals surface area contributed by atoms with E-state index in [1.165, 1.54) is 0 Å². The number of H-pyrrole nitrogens is 1. The molecule has 0 saturated carbocycles. The summed E-state index contributed by atoms with van der Waals surface area (Å²) >= 11 is 0. The fraction of sp³-hybridized carbons (Fsp3) is 0.348. The molecule has 0 radical (unpaired) electrons. The number of nitrogens with zero attached hydrogens (tertiary/aromatic N) is 3. The van der Waals surface area contributed by atoms with Gasteiger partial charge in [-0.15, -0.1) is 0 Å². The number of carbonyl (C=O) groups is 1. The number of ether oxygens (including phenoxy) is 2. The van der Waals surface area contributed by atoms with E-state index < -0.39 is 11.5 Å². The van der Waals surface area contributed by atoms with Crippen LogP contribution in [0.2, 0.25) is 0 Å². The van der Waals surface area contributed by atoms with Crippen LogP contribution >= 0.6 is 0 Å². The first kappa shape index (κ1) is 20.9. The van der Waals surface area contributed by atoms with E-state index in [1.807, 2.05) is 48.2 Å². The second kappa shape index (κ2) is 8.03. The van der Waals surface area contributed by atoms with Crippen LogP contribution in [0.25, 0.3) is 11.0 Å². The minimum atomic E-state index is -1.02. The molecule has 0 aliphatic carbocycles. The van der Waals surface area contributed by atoms with Crippen LogP contribution in [0, 0.1) is 0 Å². The number of para-hydroxylation sites is 2. The van der Waals surface area contributed by atoms with Crippen LogP contribution in [0.4, 0.5) is 5.69 Å². The highest BCUT2D eigenvalue weighted by atomic mass is 16.5. The van der Waals surface area contributed by atoms with Crippen molar-refractivity contribution in [2.45, 2.75) is 24.8 Å². The van der Waals surface area contributed by atoms with Gasteiger partial charge in [-0.1, -0.05) is 12.1 Å². The maximum Gasteiger partial charge on any atom is 0.176 e. The number of imidazole rings is 1. The van der Waals surface area contributed by atoms with Gasteiger partial charge in [-0.2, -0.15) is 0 Å². The molecule has 1 aliphatic heterocycles. The van der Waals surface area contributed by atoms with Crippen LogP contribution in [-0.4, -0.2) is 60.1 Å². The Morgan fingerprint density at radius 1 is 1.19 bits per heavy atom. The number of carbonyl (C=O) groups excluding carboxylic acids is 1. The molecule has 8 heteroatoms. The number of fused-ring (bicyclic) bond motifs is 1. The normalized spacial score (nSPS) is 22.5. The van der Waals surface area contributed by atoms with Crippen LogP contribution in [0.15, 0.2) is 47.5 Å². The van der Waals surface area contributed by atoms with Gasteiger partial charge in [0, 0.05) is 38.3 Å². The van der Waals surface area contributed by atoms with Gasteiger partial charge in [-0.05, 0) is 19.1 Å². The van der Waals surface area contributed by atoms with E-state index in [0.717, 1.165) is 11.0 Å². The molecule has 162 valence electrons. The lowest BCUT2D eigenvalue weighted by molar-refractivity contribution is -0.122. The quantitative estimate of drug-likeness (QED) is 0.634. The smallest absolute Gasteiger partial charge is 0.176 e. The summed E-state index contributed by atoms with van der Waals surface area (Å²) in [6.45, 7) is 1.68. The van der Waals surface area contributed by atoms with E-state index >= 15 is 0 Å². The van der Waals surface area contributed by atoms with E-state index in [1.54, 1.807) is 27.3 Å². The van der Waals surface area contributed by atoms with Gasteiger partial charge in [0.05, 0.1) is 30.9 Å². The van der Waals surface area contributed by atoms with Crippen molar-refractivity contribution in [2.24, 2.45) is 4.99 Å². The van der Waals surface area contributed by atoms with E-state index in [9.17, 15) is 9.90 Å². The molecular weight excluding hydrogens is 396 g/mol. The van der Waals surface area contributed by atoms with E-state index in [-0.39, 0.29) is 18.8 Å². The van der Waals surface area contributed by atoms with Gasteiger partial charge in [0.15, 0.2) is 5.78 Å². The van der Waals surface area contributed by atoms with E-state index in [0.29, 0.717) is 28.8 Å². The van der Waals surface area contributed by atoms with Crippen LogP contribution in [0.3, 0.4) is 0 Å². The lowest BCUT2D eigenvalue weighted by Gasteiger charge is -2.35. The number of hydrogen-bond donors (Lipinski definition) is 2. The Hall–Kier alpha value is -3.39. The summed E-state index contributed by atoms with van der Waals surface area (Å²) in [7, 11) is 4.81. The number of aromatic nitrogens is 2. The second-order valence-corrected chi connectivity index (χ2v) is 7.67. The molecular formula is C23H26N4O4. The molecule has 4 rings (SSSR count). The molecule has 0 amide bonds. The molecule has 0 spiro atoms. The molecule has 1 fully saturated rings. The van der Waals surface area contributed by atoms with Gasteiger partial charge in [0.2, 0.25) is 0 Å². The molecule has 2 heterocycles. The molecule has 8 nitrogen and oxygen atoms in total. The number of aliphatic imine (C=N–C) groups is 1. The summed E-state index contributed by atoms with van der Waals surface area (Å²) in [6, 6.07) is 13.1. The van der Waals surface area contributed by atoms with Crippen LogP contribution in [0.5, 0.6) is 11.5 Å². The second-order valence-electron chi connectivity index (χ2n) is 7.67. The van der Waals surface area contributed by atoms with Crippen molar-refractivity contribution in [3.05, 3.63) is 48.3 Å². The van der Waals surface area contributed by atoms with Crippen molar-refractivity contribution < 1.29 is 19.4 Å². The topological polar surface area (TPSA) is 100 Å². The molecule has 2 unspecified atom stereocenters. The van der Waals surface area contributed by atoms with Crippen LogP contribution in [-0.2, 0) is 4.79 Å². The summed E-state index contributed by atoms with van der Waals surface area (Å²) in [4.78, 5) is 28.1. The van der Waals surface area contributed by atoms with E-state index in [4.69, 9.17) is 9.47 Å². The molecule has 2 atom stereocenters. The third-order valence-corrected chi connectivity index (χ3v) is 5.88. The van der Waals surface area contributed by atoms with Crippen molar-refractivity contribution in [1.29, 1.82) is 0 Å². The molecule has 1 saturated heterocycles. The van der Waals surface area contributed by atoms with Gasteiger partial charge < -0.3 is 24.5 Å². The lowest BCUT2D eigenvalue weighted by Crippen LogP contribution is -2.48. The number of ketones is 1. The molecule has 2 N–H and O–H groups in total. The number of amidine groups is 1.